The largest absolute Gasteiger partial charge is 1.00 e. The fourth-order valence-electron chi connectivity index (χ4n) is 10.5. The summed E-state index contributed by atoms with van der Waals surface area (Å²) in [5, 5.41) is 35.2. The van der Waals surface area contributed by atoms with Crippen molar-refractivity contribution in [2.24, 2.45) is 0 Å². The first-order valence-corrected chi connectivity index (χ1v) is 22.1. The number of hydrogen-bond donors (Lipinski definition) is 3. The first-order chi connectivity index (χ1) is 30.4. The third-order valence-electron chi connectivity index (χ3n) is 13.8. The van der Waals surface area contributed by atoms with Crippen molar-refractivity contribution < 1.29 is 55.8 Å². The minimum Gasteiger partial charge on any atom is -1.00 e. The third-order valence-corrected chi connectivity index (χ3v) is 13.8. The number of carboxylic acids is 3. The smallest absolute Gasteiger partial charge is 0.309 e. The Morgan fingerprint density at radius 1 is 0.561 bits per heavy atom. The van der Waals surface area contributed by atoms with Crippen LogP contribution in [0.5, 0.6) is 0 Å². The second-order valence-corrected chi connectivity index (χ2v) is 18.7. The molecule has 0 fully saturated rings. The van der Waals surface area contributed by atoms with Crippen LogP contribution >= 0.6 is 0 Å². The summed E-state index contributed by atoms with van der Waals surface area (Å²) in [6.07, 6.45) is 6.47. The molecule has 0 aromatic heterocycles. The molecule has 0 aliphatic carbocycles. The van der Waals surface area contributed by atoms with Crippen molar-refractivity contribution >= 4 is 78.7 Å². The van der Waals surface area contributed by atoms with Gasteiger partial charge in [-0.05, 0) is 89.9 Å². The number of benzene rings is 6. The van der Waals surface area contributed by atoms with Gasteiger partial charge in [0, 0.05) is 59.6 Å². The number of carbonyl (C=O) groups is 3. The number of anilines is 1. The summed E-state index contributed by atoms with van der Waals surface area (Å²) in [5.41, 5.74) is 9.43. The minimum atomic E-state index is -0.829. The van der Waals surface area contributed by atoms with Crippen molar-refractivity contribution in [1.29, 1.82) is 0 Å². The highest BCUT2D eigenvalue weighted by Gasteiger charge is 2.47. The van der Waals surface area contributed by atoms with Crippen LogP contribution in [-0.2, 0) is 30.6 Å². The first-order valence-electron chi connectivity index (χ1n) is 22.1. The van der Waals surface area contributed by atoms with Crippen LogP contribution in [0.3, 0.4) is 0 Å². The lowest BCUT2D eigenvalue weighted by atomic mass is 9.79. The van der Waals surface area contributed by atoms with Gasteiger partial charge in [-0.15, -0.1) is 0 Å². The van der Waals surface area contributed by atoms with E-state index in [0.717, 1.165) is 39.2 Å². The summed E-state index contributed by atoms with van der Waals surface area (Å²) < 4.78 is 4.31. The molecule has 10 heteroatoms. The Hall–Kier alpha value is -6.39. The number of rotatable bonds is 11. The Morgan fingerprint density at radius 2 is 1.00 bits per heavy atom. The van der Waals surface area contributed by atoms with Gasteiger partial charge < -0.3 is 37.2 Å². The molecule has 0 saturated heterocycles. The lowest BCUT2D eigenvalue weighted by Crippen LogP contribution is -3.00. The topological polar surface area (TPSA) is 121 Å². The van der Waals surface area contributed by atoms with E-state index in [4.69, 9.17) is 5.11 Å². The molecule has 0 amide bonds. The second kappa shape index (κ2) is 18.8. The fraction of sp³-hybridized carbons (Fsp3) is 0.304. The van der Waals surface area contributed by atoms with Gasteiger partial charge in [-0.3, -0.25) is 14.4 Å². The molecule has 0 saturated carbocycles. The van der Waals surface area contributed by atoms with E-state index in [2.05, 4.69) is 166 Å². The molecule has 0 radical (unpaired) electrons. The maximum atomic E-state index is 11.6. The molecule has 3 heterocycles. The molecule has 6 aromatic rings. The Balaban J connectivity index is 0.000000264. The molecule has 3 N–H and O–H groups in total. The molecule has 3 aliphatic rings. The monoisotopic (exact) mass is 950 g/mol. The number of nitrogens with zero attached hydrogens (tertiary/aromatic N) is 3. The summed E-state index contributed by atoms with van der Waals surface area (Å²) in [7, 11) is 0. The van der Waals surface area contributed by atoms with E-state index in [9.17, 15) is 24.6 Å². The Labute approximate surface area is 398 Å². The fourth-order valence-corrected chi connectivity index (χ4v) is 10.5. The van der Waals surface area contributed by atoms with Gasteiger partial charge >= 0.3 is 17.9 Å². The summed E-state index contributed by atoms with van der Waals surface area (Å²) in [4.78, 5) is 36.3. The van der Waals surface area contributed by atoms with E-state index in [1.54, 1.807) is 0 Å². The van der Waals surface area contributed by atoms with Gasteiger partial charge in [0.15, 0.2) is 24.5 Å². The zero-order chi connectivity index (χ0) is 45.7. The molecule has 6 aromatic carbocycles. The highest BCUT2D eigenvalue weighted by molar-refractivity contribution is 6.08. The number of hydrogen-bond acceptors (Lipinski definition) is 4. The Bertz CT molecular complexity index is 3050. The SMILES string of the molecule is C.CC1(C)C(/C=C/C=C2/N(CCC(=O)O)c3ccc4ccccc4c3C2(C)C)=[N+](CCC(=O)O)c2ccc3ccccc3c21.CC1=[N+](CCC(=O)O)c2ccc3ccccc3c2C1(C)C.[Br-]. The highest BCUT2D eigenvalue weighted by atomic mass is 79.9. The predicted octanol–water partition coefficient (Wildman–Crippen LogP) is 8.91. The molecule has 0 unspecified atom stereocenters. The van der Waals surface area contributed by atoms with Gasteiger partial charge in [0.25, 0.3) is 0 Å². The van der Waals surface area contributed by atoms with Crippen LogP contribution in [0, 0.1) is 0 Å². The summed E-state index contributed by atoms with van der Waals surface area (Å²) in [5.74, 6) is -2.41. The third kappa shape index (κ3) is 8.59. The van der Waals surface area contributed by atoms with Crippen LogP contribution in [0.2, 0.25) is 0 Å². The molecule has 66 heavy (non-hydrogen) atoms. The quantitative estimate of drug-likeness (QED) is 0.111. The van der Waals surface area contributed by atoms with Crippen molar-refractivity contribution in [3.05, 3.63) is 150 Å². The number of allylic oxidation sites excluding steroid dienone is 4. The van der Waals surface area contributed by atoms with Crippen molar-refractivity contribution in [3.63, 3.8) is 0 Å². The molecule has 0 bridgehead atoms. The Kier molecular flexibility index (Phi) is 14.0. The number of aliphatic carboxylic acids is 3. The zero-order valence-corrected chi connectivity index (χ0v) is 39.7. The maximum absolute atomic E-state index is 11.6. The molecule has 0 atom stereocenters. The van der Waals surface area contributed by atoms with Crippen LogP contribution in [0.15, 0.2) is 133 Å². The number of halogens is 1. The van der Waals surface area contributed by atoms with Gasteiger partial charge in [-0.25, -0.2) is 0 Å². The van der Waals surface area contributed by atoms with Crippen molar-refractivity contribution in [1.82, 2.24) is 0 Å². The van der Waals surface area contributed by atoms with Crippen LogP contribution < -0.4 is 21.9 Å². The van der Waals surface area contributed by atoms with Gasteiger partial charge in [-0.1, -0.05) is 106 Å². The highest BCUT2D eigenvalue weighted by Crippen LogP contribution is 2.51. The van der Waals surface area contributed by atoms with E-state index in [0.29, 0.717) is 19.6 Å². The van der Waals surface area contributed by atoms with Crippen LogP contribution in [0.4, 0.5) is 17.1 Å². The van der Waals surface area contributed by atoms with Gasteiger partial charge in [-0.2, -0.15) is 9.15 Å². The molecular weight excluding hydrogens is 891 g/mol. The van der Waals surface area contributed by atoms with Crippen LogP contribution in [0.25, 0.3) is 32.3 Å². The van der Waals surface area contributed by atoms with E-state index in [1.165, 1.54) is 43.9 Å². The molecule has 342 valence electrons. The molecule has 9 nitrogen and oxygen atoms in total. The molecule has 0 spiro atoms. The summed E-state index contributed by atoms with van der Waals surface area (Å²) in [6.45, 7) is 16.6. The standard InChI is InChI=1S/C37H36N2O4.C18H19NO2.CH4.BrH/c1-36(2)30(38(22-20-32(40)41)28-18-16-24-10-5-7-12-26(24)34(28)36)14-9-15-31-37(3,4)35-27-13-8-6-11-25(27)17-19-29(35)39(31)23-21-33(42)43;1-12-18(2,3)17-14-7-5-4-6-13(14)8-9-15(17)19(12)11-10-16(20)21;;/h5-19H,20-23H2,1-4H3,(H-,40,41,42,43);4-9H,10-11H2,1-3H3;1H4;1H/p+1. The van der Waals surface area contributed by atoms with E-state index >= 15 is 0 Å². The van der Waals surface area contributed by atoms with E-state index < -0.39 is 17.9 Å². The van der Waals surface area contributed by atoms with Gasteiger partial charge in [0.05, 0.1) is 17.3 Å². The van der Waals surface area contributed by atoms with E-state index in [-0.39, 0.29) is 59.9 Å². The Morgan fingerprint density at radius 3 is 1.52 bits per heavy atom. The lowest BCUT2D eigenvalue weighted by molar-refractivity contribution is -0.438. The summed E-state index contributed by atoms with van der Waals surface area (Å²) in [6, 6.07) is 37.8. The van der Waals surface area contributed by atoms with E-state index in [1.807, 2.05) is 24.3 Å². The predicted molar refractivity (Wildman–Crippen MR) is 264 cm³/mol. The van der Waals surface area contributed by atoms with Crippen LogP contribution in [-0.4, -0.2) is 73.4 Å². The van der Waals surface area contributed by atoms with Gasteiger partial charge in [0.1, 0.15) is 12.8 Å². The van der Waals surface area contributed by atoms with Crippen molar-refractivity contribution in [2.45, 2.75) is 91.4 Å². The lowest BCUT2D eigenvalue weighted by Gasteiger charge is -2.26. The zero-order valence-electron chi connectivity index (χ0n) is 38.2. The number of fused-ring (bicyclic) bond motifs is 9. The molecular formula is C56H61BrN3O6+. The molecule has 3 aliphatic heterocycles. The maximum Gasteiger partial charge on any atom is 0.309 e. The van der Waals surface area contributed by atoms with Crippen molar-refractivity contribution in [3.8, 4) is 0 Å². The average Bonchev–Trinajstić information content (AvgIpc) is 3.71. The summed E-state index contributed by atoms with van der Waals surface area (Å²) >= 11 is 0. The number of carboxylic acid groups (broad SMARTS) is 3. The normalized spacial score (nSPS) is 16.8. The molecule has 9 rings (SSSR count). The first kappa shape index (κ1) is 49.1. The minimum absolute atomic E-state index is 0. The van der Waals surface area contributed by atoms with Gasteiger partial charge in [0.2, 0.25) is 11.4 Å². The second-order valence-electron chi connectivity index (χ2n) is 18.7. The van der Waals surface area contributed by atoms with Crippen LogP contribution in [0.1, 0.15) is 91.8 Å². The average molecular weight is 952 g/mol. The van der Waals surface area contributed by atoms with Crippen molar-refractivity contribution in [2.75, 3.05) is 24.5 Å².